The van der Waals surface area contributed by atoms with E-state index in [2.05, 4.69) is 75.9 Å². The maximum absolute atomic E-state index is 13.3. The van der Waals surface area contributed by atoms with Gasteiger partial charge in [-0.1, -0.05) is 138 Å². The molecule has 4 atom stereocenters. The molecule has 6 aliphatic heterocycles. The van der Waals surface area contributed by atoms with E-state index in [1.54, 1.807) is 98.8 Å². The molecule has 0 bridgehead atoms. The topological polar surface area (TPSA) is 220 Å². The highest BCUT2D eigenvalue weighted by Gasteiger charge is 2.47. The van der Waals surface area contributed by atoms with Crippen LogP contribution in [0.25, 0.3) is 22.7 Å². The number of piperidine rings is 4. The highest BCUT2D eigenvalue weighted by molar-refractivity contribution is 6.44. The molecule has 10 heterocycles. The minimum atomic E-state index is -0.296. The molecule has 6 saturated heterocycles. The van der Waals surface area contributed by atoms with Crippen LogP contribution >= 0.6 is 92.8 Å². The predicted octanol–water partition coefficient (Wildman–Crippen LogP) is 16.5. The Kier molecular flexibility index (Phi) is 26.7. The van der Waals surface area contributed by atoms with Crippen LogP contribution in [0, 0.1) is 50.9 Å². The third-order valence-corrected chi connectivity index (χ3v) is 28.0. The second-order valence-corrected chi connectivity index (χ2v) is 35.8. The normalized spacial score (nSPS) is 21.4. The van der Waals surface area contributed by atoms with Crippen molar-refractivity contribution in [3.05, 3.63) is 196 Å². The Morgan fingerprint density at radius 3 is 1.23 bits per heavy atom. The van der Waals surface area contributed by atoms with Crippen LogP contribution in [-0.2, 0) is 0 Å². The molecular formula is C83H104Cl8N16O5. The predicted molar refractivity (Wildman–Crippen MR) is 460 cm³/mol. The molecule has 21 nitrogen and oxygen atoms in total. The Hall–Kier alpha value is -6.44. The van der Waals surface area contributed by atoms with Gasteiger partial charge in [0.1, 0.15) is 41.3 Å². The van der Waals surface area contributed by atoms with E-state index in [-0.39, 0.29) is 56.1 Å². The average Bonchev–Trinajstić information content (AvgIpc) is 1.33. The Morgan fingerprint density at radius 1 is 0.455 bits per heavy atom. The van der Waals surface area contributed by atoms with Crippen LogP contribution in [0.5, 0.6) is 5.75 Å². The van der Waals surface area contributed by atoms with Crippen molar-refractivity contribution in [2.24, 2.45) is 34.6 Å². The molecule has 15 rings (SSSR count). The average molecular weight is 1690 g/mol. The number of ether oxygens (including phenoxy) is 1. The maximum Gasteiger partial charge on any atom is 0.302 e. The van der Waals surface area contributed by atoms with E-state index in [0.717, 1.165) is 127 Å². The zero-order chi connectivity index (χ0) is 80.6. The van der Waals surface area contributed by atoms with Gasteiger partial charge in [0, 0.05) is 100 Å². The third-order valence-electron chi connectivity index (χ3n) is 24.8. The summed E-state index contributed by atoms with van der Waals surface area (Å²) in [6.07, 6.45) is 14.6. The van der Waals surface area contributed by atoms with Crippen molar-refractivity contribution in [2.45, 2.75) is 169 Å². The molecule has 0 unspecified atom stereocenters. The summed E-state index contributed by atoms with van der Waals surface area (Å²) in [5, 5.41) is 3.01. The fourth-order valence-corrected chi connectivity index (χ4v) is 18.9. The number of benzene rings is 4. The van der Waals surface area contributed by atoms with Gasteiger partial charge in [-0.05, 0) is 210 Å². The first-order valence-corrected chi connectivity index (χ1v) is 42.0. The van der Waals surface area contributed by atoms with E-state index in [0.29, 0.717) is 104 Å². The smallest absolute Gasteiger partial charge is 0.302 e. The quantitative estimate of drug-likeness (QED) is 0.123. The van der Waals surface area contributed by atoms with E-state index in [1.807, 2.05) is 13.8 Å². The lowest BCUT2D eigenvalue weighted by molar-refractivity contribution is 0.102. The zero-order valence-corrected chi connectivity index (χ0v) is 72.0. The fraction of sp³-hybridized carbons (Fsp3) is 0.518. The van der Waals surface area contributed by atoms with Crippen molar-refractivity contribution in [2.75, 3.05) is 105 Å². The molecule has 1 aliphatic carbocycles. The van der Waals surface area contributed by atoms with Gasteiger partial charge in [0.05, 0.1) is 75.6 Å². The van der Waals surface area contributed by atoms with Crippen molar-refractivity contribution in [3.8, 4) is 28.5 Å². The number of hydrogen-bond acceptors (Lipinski definition) is 17. The number of methoxy groups -OCH3 is 1. The summed E-state index contributed by atoms with van der Waals surface area (Å²) in [6, 6.07) is 24.4. The molecule has 112 heavy (non-hydrogen) atoms. The van der Waals surface area contributed by atoms with Gasteiger partial charge in [0.25, 0.3) is 16.7 Å². The lowest BCUT2D eigenvalue weighted by Gasteiger charge is -2.45. The molecular weight excluding hydrogens is 1580 g/mol. The van der Waals surface area contributed by atoms with E-state index in [9.17, 15) is 19.2 Å². The van der Waals surface area contributed by atoms with E-state index in [4.69, 9.17) is 124 Å². The zero-order valence-electron chi connectivity index (χ0n) is 65.9. The summed E-state index contributed by atoms with van der Waals surface area (Å²) in [7, 11) is 1.50. The SMILES string of the molecule is COc1c(N2CCC3(CC[C@@H](C)[C@H]3N)CC2)nc(C)n(-c2cccc(Cl)c2Cl)c1=O.Cc1c(N2CCC(C)(N)CC2)ncn(-c2cccc(Cl)c2Cl)c1=O.Cc1nc(N2CCC(C)(N3CC[C@H](C)C3)CC2)cc(=O)n1-c1cccc(Cl)c1Cl.Cc1nc(N2CCC(C)(N3CC[C@H](C)C3)CC2)cc(=O)n1-c1cccc(Cl)c1Cl. The van der Waals surface area contributed by atoms with Gasteiger partial charge in [0.2, 0.25) is 5.75 Å². The van der Waals surface area contributed by atoms with Gasteiger partial charge in [-0.2, -0.15) is 0 Å². The Labute approximate surface area is 697 Å². The van der Waals surface area contributed by atoms with Gasteiger partial charge in [-0.3, -0.25) is 47.2 Å². The molecule has 0 amide bonds. The molecule has 7 aliphatic rings. The minimum Gasteiger partial charge on any atom is -0.488 e. The van der Waals surface area contributed by atoms with Gasteiger partial charge >= 0.3 is 5.56 Å². The molecule has 4 N–H and O–H groups in total. The molecule has 0 radical (unpaired) electrons. The van der Waals surface area contributed by atoms with Crippen molar-refractivity contribution < 1.29 is 4.74 Å². The molecule has 7 fully saturated rings. The second-order valence-electron chi connectivity index (χ2n) is 32.7. The summed E-state index contributed by atoms with van der Waals surface area (Å²) < 4.78 is 11.5. The van der Waals surface area contributed by atoms with Gasteiger partial charge in [-0.25, -0.2) is 19.9 Å². The Bertz CT molecular complexity index is 4840. The number of likely N-dealkylation sites (tertiary alicyclic amines) is 2. The van der Waals surface area contributed by atoms with Crippen molar-refractivity contribution in [1.29, 1.82) is 0 Å². The number of aromatic nitrogens is 8. The third kappa shape index (κ3) is 17.9. The summed E-state index contributed by atoms with van der Waals surface area (Å²) in [5.74, 6) is 6.92. The highest BCUT2D eigenvalue weighted by Crippen LogP contribution is 2.49. The molecule has 8 aromatic rings. The molecule has 602 valence electrons. The summed E-state index contributed by atoms with van der Waals surface area (Å²) >= 11 is 49.7. The lowest BCUT2D eigenvalue weighted by Crippen LogP contribution is -2.53. The van der Waals surface area contributed by atoms with Crippen LogP contribution in [0.3, 0.4) is 0 Å². The van der Waals surface area contributed by atoms with Gasteiger partial charge < -0.3 is 35.8 Å². The lowest BCUT2D eigenvalue weighted by atomic mass is 9.73. The number of nitrogens with two attached hydrogens (primary N) is 2. The highest BCUT2D eigenvalue weighted by atomic mass is 35.5. The first kappa shape index (κ1) is 84.9. The van der Waals surface area contributed by atoms with E-state index >= 15 is 0 Å². The number of nitrogens with zero attached hydrogens (tertiary/aromatic N) is 14. The molecule has 1 spiro atoms. The first-order valence-electron chi connectivity index (χ1n) is 38.9. The largest absolute Gasteiger partial charge is 0.488 e. The first-order chi connectivity index (χ1) is 53.1. The monoisotopic (exact) mass is 1680 g/mol. The number of anilines is 4. The molecule has 4 aromatic heterocycles. The summed E-state index contributed by atoms with van der Waals surface area (Å²) in [6.45, 7) is 32.7. The minimum absolute atomic E-state index is 0.140. The standard InChI is InChI=1S/C22H28Cl2N4O2.2C22H28Cl2N4O.C17H20Cl2N4O/c1-13-7-8-22(19(13)25)9-11-27(12-10-22)20-18(30-3)21(29)28(14(2)26-20)16-6-4-5-15(23)17(16)24;2*1-15-7-10-27(14-15)22(3)8-11-26(12-9-22)19-13-20(29)28(16(2)25-19)18-6-4-5-17(23)21(18)24;1-11-15(22-8-6-17(2,20)7-9-22)21-10-23(16(11)24)13-5-3-4-12(18)14(13)19/h4-6,13,19H,7-12,25H2,1-3H3;2*4-6,13,15H,7-12,14H2,1-3H3;3-5,10H,6-9,20H2,1-2H3/t13-,19-;2*15-;/m100./s1. The molecule has 1 saturated carbocycles. The number of halogens is 8. The molecule has 29 heteroatoms. The maximum atomic E-state index is 13.3. The van der Waals surface area contributed by atoms with E-state index in [1.165, 1.54) is 83.6 Å². The van der Waals surface area contributed by atoms with Crippen LogP contribution in [0.2, 0.25) is 40.2 Å². The summed E-state index contributed by atoms with van der Waals surface area (Å²) in [5.41, 5.74) is 15.3. The van der Waals surface area contributed by atoms with Crippen molar-refractivity contribution >= 4 is 116 Å². The second kappa shape index (κ2) is 35.2. The van der Waals surface area contributed by atoms with E-state index < -0.39 is 0 Å². The van der Waals surface area contributed by atoms with Crippen molar-refractivity contribution in [1.82, 2.24) is 48.0 Å². The molecule has 4 aromatic carbocycles. The van der Waals surface area contributed by atoms with Crippen LogP contribution in [0.15, 0.2) is 110 Å². The summed E-state index contributed by atoms with van der Waals surface area (Å²) in [4.78, 5) is 84.8. The number of rotatable bonds is 11. The van der Waals surface area contributed by atoms with Gasteiger partial charge in [0.15, 0.2) is 5.82 Å². The van der Waals surface area contributed by atoms with Crippen LogP contribution < -0.4 is 58.0 Å². The Balaban J connectivity index is 0.000000139. The van der Waals surface area contributed by atoms with Crippen LogP contribution in [0.1, 0.15) is 142 Å². The van der Waals surface area contributed by atoms with Crippen LogP contribution in [-0.4, -0.2) is 156 Å². The number of aryl methyl sites for hydroxylation is 3. The fourth-order valence-electron chi connectivity index (χ4n) is 17.4. The van der Waals surface area contributed by atoms with Crippen molar-refractivity contribution in [3.63, 3.8) is 0 Å². The van der Waals surface area contributed by atoms with Gasteiger partial charge in [-0.15, -0.1) is 0 Å². The van der Waals surface area contributed by atoms with Crippen LogP contribution in [0.4, 0.5) is 23.3 Å². The Morgan fingerprint density at radius 2 is 0.839 bits per heavy atom. The number of hydrogen-bond donors (Lipinski definition) is 2.